The molecule has 0 heterocycles. The van der Waals surface area contributed by atoms with E-state index in [1.165, 1.54) is 94.6 Å². The van der Waals surface area contributed by atoms with Gasteiger partial charge in [-0.2, -0.15) is 0 Å². The van der Waals surface area contributed by atoms with E-state index in [0.29, 0.717) is 9.17 Å². The molecule has 2 aliphatic carbocycles. The Morgan fingerprint density at radius 1 is 0.808 bits per heavy atom. The van der Waals surface area contributed by atoms with Crippen molar-refractivity contribution in [1.29, 1.82) is 0 Å². The normalized spacial score (nSPS) is 19.5. The maximum absolute atomic E-state index is 10.1. The first-order chi connectivity index (χ1) is 12.5. The minimum Gasteiger partial charge on any atom is -0.508 e. The molecule has 0 saturated heterocycles. The summed E-state index contributed by atoms with van der Waals surface area (Å²) in [5.41, 5.74) is 3.41. The minimum absolute atomic E-state index is 0.463. The van der Waals surface area contributed by atoms with Crippen LogP contribution >= 0.6 is 22.6 Å². The lowest BCUT2D eigenvalue weighted by Gasteiger charge is -2.11. The third kappa shape index (κ3) is 6.73. The SMILES string of the molecule is CCC1(CCCCCc2cc(O)cc(CCCCCC3(I)CC3)c2)CC1. The van der Waals surface area contributed by atoms with Crippen LogP contribution in [0.4, 0.5) is 0 Å². The second kappa shape index (κ2) is 9.30. The molecule has 0 unspecified atom stereocenters. The molecular weight excluding hydrogens is 431 g/mol. The number of aromatic hydroxyl groups is 1. The summed E-state index contributed by atoms with van der Waals surface area (Å²) in [6.07, 6.45) is 20.2. The van der Waals surface area contributed by atoms with Crippen LogP contribution in [0.3, 0.4) is 0 Å². The largest absolute Gasteiger partial charge is 0.508 e. The van der Waals surface area contributed by atoms with Crippen molar-refractivity contribution in [2.45, 2.75) is 107 Å². The van der Waals surface area contributed by atoms with Gasteiger partial charge in [0.25, 0.3) is 0 Å². The topological polar surface area (TPSA) is 20.2 Å². The number of phenols is 1. The molecule has 0 spiro atoms. The summed E-state index contributed by atoms with van der Waals surface area (Å²) in [5, 5.41) is 10.1. The molecular formula is C24H37IO. The molecule has 1 aromatic rings. The number of rotatable bonds is 13. The van der Waals surface area contributed by atoms with Gasteiger partial charge in [0.2, 0.25) is 0 Å². The fourth-order valence-electron chi connectivity index (χ4n) is 4.33. The van der Waals surface area contributed by atoms with E-state index in [2.05, 4.69) is 35.6 Å². The van der Waals surface area contributed by atoms with Crippen molar-refractivity contribution in [3.63, 3.8) is 0 Å². The molecule has 0 bridgehead atoms. The van der Waals surface area contributed by atoms with Crippen LogP contribution in [-0.2, 0) is 12.8 Å². The Bertz CT molecular complexity index is 572. The van der Waals surface area contributed by atoms with Gasteiger partial charge in [-0.25, -0.2) is 0 Å². The fraction of sp³-hybridized carbons (Fsp3) is 0.750. The van der Waals surface area contributed by atoms with Gasteiger partial charge in [0.15, 0.2) is 0 Å². The Labute approximate surface area is 174 Å². The number of hydrogen-bond acceptors (Lipinski definition) is 1. The molecule has 0 radical (unpaired) electrons. The van der Waals surface area contributed by atoms with Crippen molar-refractivity contribution in [2.24, 2.45) is 5.41 Å². The van der Waals surface area contributed by atoms with Gasteiger partial charge in [0, 0.05) is 3.42 Å². The third-order valence-corrected chi connectivity index (χ3v) is 8.42. The number of hydrogen-bond donors (Lipinski definition) is 1. The molecule has 2 fully saturated rings. The zero-order valence-corrected chi connectivity index (χ0v) is 18.8. The van der Waals surface area contributed by atoms with Crippen LogP contribution in [0.15, 0.2) is 18.2 Å². The van der Waals surface area contributed by atoms with E-state index in [-0.39, 0.29) is 0 Å². The number of alkyl halides is 1. The number of benzene rings is 1. The van der Waals surface area contributed by atoms with E-state index in [9.17, 15) is 5.11 Å². The van der Waals surface area contributed by atoms with Crippen molar-refractivity contribution < 1.29 is 5.11 Å². The van der Waals surface area contributed by atoms with E-state index in [4.69, 9.17) is 0 Å². The van der Waals surface area contributed by atoms with Gasteiger partial charge in [0.05, 0.1) is 0 Å². The molecule has 2 saturated carbocycles. The van der Waals surface area contributed by atoms with Gasteiger partial charge in [-0.3, -0.25) is 0 Å². The van der Waals surface area contributed by atoms with E-state index in [0.717, 1.165) is 18.3 Å². The van der Waals surface area contributed by atoms with Gasteiger partial charge >= 0.3 is 0 Å². The Morgan fingerprint density at radius 3 is 1.88 bits per heavy atom. The average Bonchev–Trinajstić information content (AvgIpc) is 3.53. The molecule has 0 amide bonds. The summed E-state index contributed by atoms with van der Waals surface area (Å²) < 4.78 is 0.673. The molecule has 0 aliphatic heterocycles. The maximum atomic E-state index is 10.1. The first-order valence-corrected chi connectivity index (χ1v) is 12.1. The van der Waals surface area contributed by atoms with Gasteiger partial charge in [0.1, 0.15) is 5.75 Å². The summed E-state index contributed by atoms with van der Waals surface area (Å²) in [4.78, 5) is 0. The first-order valence-electron chi connectivity index (χ1n) is 11.0. The Kier molecular flexibility index (Phi) is 7.32. The minimum atomic E-state index is 0.463. The monoisotopic (exact) mass is 468 g/mol. The van der Waals surface area contributed by atoms with Crippen LogP contribution in [0.5, 0.6) is 5.75 Å². The molecule has 1 N–H and O–H groups in total. The summed E-state index contributed by atoms with van der Waals surface area (Å²) in [6.45, 7) is 2.35. The number of halogens is 1. The fourth-order valence-corrected chi connectivity index (χ4v) is 4.98. The number of unbranched alkanes of at least 4 members (excludes halogenated alkanes) is 4. The highest BCUT2D eigenvalue weighted by Gasteiger charge is 2.39. The van der Waals surface area contributed by atoms with Crippen LogP contribution < -0.4 is 0 Å². The lowest BCUT2D eigenvalue weighted by Crippen LogP contribution is -1.98. The van der Waals surface area contributed by atoms with Crippen molar-refractivity contribution in [3.05, 3.63) is 29.3 Å². The van der Waals surface area contributed by atoms with Crippen molar-refractivity contribution >= 4 is 22.6 Å². The predicted molar refractivity (Wildman–Crippen MR) is 120 cm³/mol. The van der Waals surface area contributed by atoms with Gasteiger partial charge in [-0.1, -0.05) is 67.7 Å². The maximum Gasteiger partial charge on any atom is 0.116 e. The highest BCUT2D eigenvalue weighted by Crippen LogP contribution is 2.52. The quantitative estimate of drug-likeness (QED) is 0.178. The van der Waals surface area contributed by atoms with E-state index in [1.807, 2.05) is 12.1 Å². The molecule has 26 heavy (non-hydrogen) atoms. The highest BCUT2D eigenvalue weighted by molar-refractivity contribution is 14.1. The van der Waals surface area contributed by atoms with Crippen LogP contribution in [0.2, 0.25) is 0 Å². The van der Waals surface area contributed by atoms with E-state index < -0.39 is 0 Å². The first kappa shape index (κ1) is 20.5. The highest BCUT2D eigenvalue weighted by atomic mass is 127. The summed E-state index contributed by atoms with van der Waals surface area (Å²) in [6, 6.07) is 6.29. The van der Waals surface area contributed by atoms with Crippen LogP contribution in [0.25, 0.3) is 0 Å². The summed E-state index contributed by atoms with van der Waals surface area (Å²) in [5.74, 6) is 0.463. The third-order valence-electron chi connectivity index (χ3n) is 6.80. The second-order valence-electron chi connectivity index (χ2n) is 9.13. The molecule has 0 aromatic heterocycles. The standard InChI is InChI=1S/C24H37IO/c1-2-23(13-14-23)11-7-3-5-9-20-17-21(19-22(26)18-20)10-6-4-8-12-24(25)15-16-24/h17-19,26H,2-16H2,1H3. The van der Waals surface area contributed by atoms with Crippen LogP contribution in [-0.4, -0.2) is 8.53 Å². The number of aryl methyl sites for hydroxylation is 2. The van der Waals surface area contributed by atoms with E-state index >= 15 is 0 Å². The lowest BCUT2D eigenvalue weighted by atomic mass is 9.94. The molecule has 0 atom stereocenters. The summed E-state index contributed by atoms with van der Waals surface area (Å²) >= 11 is 2.65. The Hall–Kier alpha value is -0.250. The number of phenolic OH excluding ortho intramolecular Hbond substituents is 1. The molecule has 1 nitrogen and oxygen atoms in total. The van der Waals surface area contributed by atoms with Crippen molar-refractivity contribution in [1.82, 2.24) is 0 Å². The summed E-state index contributed by atoms with van der Waals surface area (Å²) in [7, 11) is 0. The lowest BCUT2D eigenvalue weighted by molar-refractivity contribution is 0.422. The van der Waals surface area contributed by atoms with Crippen molar-refractivity contribution in [3.8, 4) is 5.75 Å². The van der Waals surface area contributed by atoms with Crippen molar-refractivity contribution in [2.75, 3.05) is 0 Å². The van der Waals surface area contributed by atoms with Crippen LogP contribution in [0.1, 0.15) is 102 Å². The smallest absolute Gasteiger partial charge is 0.116 e. The van der Waals surface area contributed by atoms with E-state index in [1.54, 1.807) is 0 Å². The van der Waals surface area contributed by atoms with Gasteiger partial charge in [-0.15, -0.1) is 0 Å². The average molecular weight is 468 g/mol. The van der Waals surface area contributed by atoms with Gasteiger partial charge < -0.3 is 5.11 Å². The Balaban J connectivity index is 1.32. The molecule has 1 aromatic carbocycles. The molecule has 146 valence electrons. The van der Waals surface area contributed by atoms with Crippen LogP contribution in [0, 0.1) is 5.41 Å². The molecule has 2 aliphatic rings. The zero-order valence-electron chi connectivity index (χ0n) is 16.7. The zero-order chi connectivity index (χ0) is 18.5. The van der Waals surface area contributed by atoms with Gasteiger partial charge in [-0.05, 0) is 92.9 Å². The Morgan fingerprint density at radius 2 is 1.38 bits per heavy atom. The predicted octanol–water partition coefficient (Wildman–Crippen LogP) is 7.76. The second-order valence-corrected chi connectivity index (χ2v) is 11.4. The molecule has 2 heteroatoms. The molecule has 3 rings (SSSR count).